The number of benzene rings is 1. The maximum atomic E-state index is 12.0. The zero-order valence-corrected chi connectivity index (χ0v) is 9.23. The van der Waals surface area contributed by atoms with Crippen molar-refractivity contribution in [2.45, 2.75) is 24.7 Å². The first-order valence-electron chi connectivity index (χ1n) is 5.39. The van der Waals surface area contributed by atoms with Crippen LogP contribution in [0.15, 0.2) is 30.3 Å². The minimum atomic E-state index is -1.05. The van der Waals surface area contributed by atoms with Gasteiger partial charge in [0.15, 0.2) is 11.2 Å². The van der Waals surface area contributed by atoms with Gasteiger partial charge in [0, 0.05) is 6.42 Å². The molecule has 0 radical (unpaired) electrons. The van der Waals surface area contributed by atoms with Crippen molar-refractivity contribution in [1.82, 2.24) is 0 Å². The Morgan fingerprint density at radius 2 is 2.00 bits per heavy atom. The Hall–Kier alpha value is -1.64. The molecule has 0 spiro atoms. The van der Waals surface area contributed by atoms with Crippen LogP contribution < -0.4 is 0 Å². The minimum Gasteiger partial charge on any atom is -0.468 e. The van der Waals surface area contributed by atoms with E-state index in [0.717, 1.165) is 12.0 Å². The zero-order valence-electron chi connectivity index (χ0n) is 9.23. The first-order valence-corrected chi connectivity index (χ1v) is 5.39. The van der Waals surface area contributed by atoms with E-state index >= 15 is 0 Å². The molecular formula is C13H14O3. The van der Waals surface area contributed by atoms with Crippen molar-refractivity contribution < 1.29 is 14.3 Å². The van der Waals surface area contributed by atoms with E-state index in [9.17, 15) is 9.59 Å². The van der Waals surface area contributed by atoms with Crippen molar-refractivity contribution in [2.75, 3.05) is 7.11 Å². The Kier molecular flexibility index (Phi) is 2.77. The van der Waals surface area contributed by atoms with E-state index in [-0.39, 0.29) is 5.78 Å². The van der Waals surface area contributed by atoms with Gasteiger partial charge >= 0.3 is 5.97 Å². The van der Waals surface area contributed by atoms with Gasteiger partial charge in [0.2, 0.25) is 0 Å². The number of ketones is 1. The lowest BCUT2D eigenvalue weighted by atomic mass is 9.78. The molecule has 1 aromatic carbocycles. The van der Waals surface area contributed by atoms with Gasteiger partial charge in [-0.1, -0.05) is 30.3 Å². The van der Waals surface area contributed by atoms with E-state index in [0.29, 0.717) is 12.8 Å². The number of methoxy groups -OCH3 is 1. The van der Waals surface area contributed by atoms with E-state index in [1.807, 2.05) is 30.3 Å². The fourth-order valence-corrected chi connectivity index (χ4v) is 2.40. The van der Waals surface area contributed by atoms with E-state index in [2.05, 4.69) is 0 Å². The van der Waals surface area contributed by atoms with E-state index in [4.69, 9.17) is 4.74 Å². The highest BCUT2D eigenvalue weighted by Crippen LogP contribution is 2.39. The first kappa shape index (κ1) is 10.9. The third kappa shape index (κ3) is 1.43. The molecule has 1 fully saturated rings. The van der Waals surface area contributed by atoms with Gasteiger partial charge in [0.25, 0.3) is 0 Å². The van der Waals surface area contributed by atoms with Crippen LogP contribution in [-0.4, -0.2) is 18.9 Å². The molecule has 0 unspecified atom stereocenters. The number of rotatable bonds is 2. The summed E-state index contributed by atoms with van der Waals surface area (Å²) in [6.45, 7) is 0. The SMILES string of the molecule is COC(=O)[C@]1(c2ccccc2)CCCC1=O. The van der Waals surface area contributed by atoms with Crippen LogP contribution in [0.4, 0.5) is 0 Å². The lowest BCUT2D eigenvalue weighted by molar-refractivity contribution is -0.150. The van der Waals surface area contributed by atoms with Crippen LogP contribution in [0.1, 0.15) is 24.8 Å². The molecule has 2 rings (SSSR count). The largest absolute Gasteiger partial charge is 0.468 e. The highest BCUT2D eigenvalue weighted by molar-refractivity contribution is 6.11. The molecule has 0 saturated heterocycles. The normalized spacial score (nSPS) is 24.4. The Morgan fingerprint density at radius 1 is 1.31 bits per heavy atom. The van der Waals surface area contributed by atoms with Crippen LogP contribution in [-0.2, 0) is 19.7 Å². The van der Waals surface area contributed by atoms with E-state index < -0.39 is 11.4 Å². The third-order valence-corrected chi connectivity index (χ3v) is 3.23. The van der Waals surface area contributed by atoms with Crippen LogP contribution in [0.25, 0.3) is 0 Å². The number of hydrogen-bond donors (Lipinski definition) is 0. The summed E-state index contributed by atoms with van der Waals surface area (Å²) >= 11 is 0. The highest BCUT2D eigenvalue weighted by atomic mass is 16.5. The Bertz CT molecular complexity index is 410. The summed E-state index contributed by atoms with van der Waals surface area (Å²) in [5, 5.41) is 0. The van der Waals surface area contributed by atoms with Crippen molar-refractivity contribution >= 4 is 11.8 Å². The van der Waals surface area contributed by atoms with Crippen LogP contribution in [0.2, 0.25) is 0 Å². The van der Waals surface area contributed by atoms with Crippen LogP contribution >= 0.6 is 0 Å². The number of Topliss-reactive ketones (excluding diaryl/α,β-unsaturated/α-hetero) is 1. The molecular weight excluding hydrogens is 204 g/mol. The topological polar surface area (TPSA) is 43.4 Å². The summed E-state index contributed by atoms with van der Waals surface area (Å²) in [7, 11) is 1.33. The molecule has 0 bridgehead atoms. The monoisotopic (exact) mass is 218 g/mol. The third-order valence-electron chi connectivity index (χ3n) is 3.23. The number of carbonyl (C=O) groups excluding carboxylic acids is 2. The molecule has 3 heteroatoms. The van der Waals surface area contributed by atoms with Gasteiger partial charge in [-0.15, -0.1) is 0 Å². The molecule has 0 aromatic heterocycles. The van der Waals surface area contributed by atoms with E-state index in [1.54, 1.807) is 0 Å². The van der Waals surface area contributed by atoms with Gasteiger partial charge in [-0.05, 0) is 18.4 Å². The summed E-state index contributed by atoms with van der Waals surface area (Å²) in [5.74, 6) is -0.452. The van der Waals surface area contributed by atoms with E-state index in [1.165, 1.54) is 7.11 Å². The second kappa shape index (κ2) is 4.08. The molecule has 0 N–H and O–H groups in total. The number of hydrogen-bond acceptors (Lipinski definition) is 3. The first-order chi connectivity index (χ1) is 7.71. The van der Waals surface area contributed by atoms with Crippen molar-refractivity contribution in [3.05, 3.63) is 35.9 Å². The second-order valence-electron chi connectivity index (χ2n) is 4.04. The van der Waals surface area contributed by atoms with Gasteiger partial charge in [0.05, 0.1) is 7.11 Å². The number of ether oxygens (including phenoxy) is 1. The molecule has 16 heavy (non-hydrogen) atoms. The number of esters is 1. The lowest BCUT2D eigenvalue weighted by Crippen LogP contribution is -2.40. The van der Waals surface area contributed by atoms with Gasteiger partial charge in [0.1, 0.15) is 0 Å². The molecule has 0 heterocycles. The average Bonchev–Trinajstić information content (AvgIpc) is 2.72. The predicted molar refractivity (Wildman–Crippen MR) is 59.0 cm³/mol. The van der Waals surface area contributed by atoms with Crippen molar-refractivity contribution in [2.24, 2.45) is 0 Å². The fraction of sp³-hybridized carbons (Fsp3) is 0.385. The second-order valence-corrected chi connectivity index (χ2v) is 4.04. The summed E-state index contributed by atoms with van der Waals surface area (Å²) < 4.78 is 4.80. The predicted octanol–water partition coefficient (Wildman–Crippen LogP) is 1.85. The molecule has 1 saturated carbocycles. The summed E-state index contributed by atoms with van der Waals surface area (Å²) in [4.78, 5) is 23.9. The summed E-state index contributed by atoms with van der Waals surface area (Å²) in [6.07, 6.45) is 1.77. The van der Waals surface area contributed by atoms with Crippen molar-refractivity contribution in [3.63, 3.8) is 0 Å². The molecule has 84 valence electrons. The van der Waals surface area contributed by atoms with Gasteiger partial charge in [-0.25, -0.2) is 0 Å². The Morgan fingerprint density at radius 3 is 2.50 bits per heavy atom. The number of carbonyl (C=O) groups is 2. The molecule has 3 nitrogen and oxygen atoms in total. The standard InChI is InChI=1S/C13H14O3/c1-16-12(15)13(9-5-8-11(13)14)10-6-3-2-4-7-10/h2-4,6-7H,5,8-9H2,1H3/t13-/m0/s1. The quantitative estimate of drug-likeness (QED) is 0.562. The van der Waals surface area contributed by atoms with Crippen LogP contribution in [0.5, 0.6) is 0 Å². The Labute approximate surface area is 94.4 Å². The van der Waals surface area contributed by atoms with Gasteiger partial charge in [-0.2, -0.15) is 0 Å². The minimum absolute atomic E-state index is 0.0226. The summed E-state index contributed by atoms with van der Waals surface area (Å²) in [5.41, 5.74) is -0.292. The average molecular weight is 218 g/mol. The van der Waals surface area contributed by atoms with Crippen LogP contribution in [0.3, 0.4) is 0 Å². The molecule has 1 aliphatic rings. The lowest BCUT2D eigenvalue weighted by Gasteiger charge is -2.24. The van der Waals surface area contributed by atoms with Crippen molar-refractivity contribution in [1.29, 1.82) is 0 Å². The Balaban J connectivity index is 2.51. The fourth-order valence-electron chi connectivity index (χ4n) is 2.40. The van der Waals surface area contributed by atoms with Crippen molar-refractivity contribution in [3.8, 4) is 0 Å². The summed E-state index contributed by atoms with van der Waals surface area (Å²) in [6, 6.07) is 9.19. The maximum Gasteiger partial charge on any atom is 0.323 e. The maximum absolute atomic E-state index is 12.0. The van der Waals surface area contributed by atoms with Gasteiger partial charge < -0.3 is 4.74 Å². The molecule has 1 atom stereocenters. The molecule has 0 amide bonds. The molecule has 0 aliphatic heterocycles. The highest BCUT2D eigenvalue weighted by Gasteiger charge is 2.50. The van der Waals surface area contributed by atoms with Gasteiger partial charge in [-0.3, -0.25) is 9.59 Å². The zero-order chi connectivity index (χ0) is 11.6. The van der Waals surface area contributed by atoms with Crippen LogP contribution in [0, 0.1) is 0 Å². The molecule has 1 aromatic rings. The molecule has 1 aliphatic carbocycles. The smallest absolute Gasteiger partial charge is 0.323 e.